The Kier molecular flexibility index (Phi) is 4.34. The number of benzene rings is 2. The van der Waals surface area contributed by atoms with Crippen LogP contribution in [-0.2, 0) is 19.4 Å². The van der Waals surface area contributed by atoms with Crippen LogP contribution in [0.25, 0.3) is 0 Å². The molecule has 0 saturated heterocycles. The molecule has 0 aliphatic rings. The van der Waals surface area contributed by atoms with E-state index >= 15 is 0 Å². The molecule has 1 nitrogen and oxygen atoms in total. The zero-order valence-electron chi connectivity index (χ0n) is 10.1. The summed E-state index contributed by atoms with van der Waals surface area (Å²) in [5, 5.41) is 0. The Balaban J connectivity index is 1.90. The predicted octanol–water partition coefficient (Wildman–Crippen LogP) is 3.32. The van der Waals surface area contributed by atoms with E-state index in [4.69, 9.17) is 5.73 Å². The molecule has 2 aromatic rings. The maximum atomic E-state index is 5.73. The van der Waals surface area contributed by atoms with Gasteiger partial charge in [0.05, 0.1) is 0 Å². The lowest BCUT2D eigenvalue weighted by Gasteiger charge is -2.07. The van der Waals surface area contributed by atoms with Gasteiger partial charge >= 0.3 is 0 Å². The molecule has 17 heavy (non-hydrogen) atoms. The number of hydrogen-bond acceptors (Lipinski definition) is 1. The summed E-state index contributed by atoms with van der Waals surface area (Å²) in [6.45, 7) is 0.640. The molecule has 0 bridgehead atoms. The van der Waals surface area contributed by atoms with Crippen molar-refractivity contribution in [2.24, 2.45) is 5.73 Å². The third-order valence-electron chi connectivity index (χ3n) is 3.09. The molecular formula is C16H19N. The van der Waals surface area contributed by atoms with Crippen molar-refractivity contribution < 1.29 is 0 Å². The largest absolute Gasteiger partial charge is 0.326 e. The molecule has 88 valence electrons. The maximum Gasteiger partial charge on any atom is 0.0180 e. The first-order valence-corrected chi connectivity index (χ1v) is 6.21. The first-order chi connectivity index (χ1) is 8.40. The molecule has 0 atom stereocenters. The van der Waals surface area contributed by atoms with Crippen LogP contribution in [0.4, 0.5) is 0 Å². The molecule has 2 N–H and O–H groups in total. The fourth-order valence-corrected chi connectivity index (χ4v) is 2.13. The summed E-state index contributed by atoms with van der Waals surface area (Å²) in [7, 11) is 0. The second-order valence-electron chi connectivity index (χ2n) is 4.31. The van der Waals surface area contributed by atoms with Gasteiger partial charge in [-0.25, -0.2) is 0 Å². The third kappa shape index (κ3) is 3.43. The molecule has 0 aliphatic carbocycles. The Morgan fingerprint density at radius 1 is 0.706 bits per heavy atom. The van der Waals surface area contributed by atoms with Gasteiger partial charge in [-0.2, -0.15) is 0 Å². The van der Waals surface area contributed by atoms with Gasteiger partial charge in [-0.15, -0.1) is 0 Å². The lowest BCUT2D eigenvalue weighted by molar-refractivity contribution is 0.809. The van der Waals surface area contributed by atoms with Crippen molar-refractivity contribution in [3.8, 4) is 0 Å². The molecule has 0 heterocycles. The van der Waals surface area contributed by atoms with Crippen molar-refractivity contribution in [3.05, 3.63) is 71.3 Å². The SMILES string of the molecule is NCc1ccccc1CCCc1ccccc1. The van der Waals surface area contributed by atoms with E-state index < -0.39 is 0 Å². The Bertz CT molecular complexity index is 448. The molecule has 0 radical (unpaired) electrons. The van der Waals surface area contributed by atoms with Crippen LogP contribution in [0.2, 0.25) is 0 Å². The van der Waals surface area contributed by atoms with Crippen LogP contribution in [0.3, 0.4) is 0 Å². The zero-order chi connectivity index (χ0) is 11.9. The highest BCUT2D eigenvalue weighted by Crippen LogP contribution is 2.12. The highest BCUT2D eigenvalue weighted by atomic mass is 14.5. The predicted molar refractivity (Wildman–Crippen MR) is 72.8 cm³/mol. The van der Waals surface area contributed by atoms with Gasteiger partial charge in [0.15, 0.2) is 0 Å². The molecule has 1 heteroatoms. The second kappa shape index (κ2) is 6.21. The lowest BCUT2D eigenvalue weighted by Crippen LogP contribution is -2.01. The maximum absolute atomic E-state index is 5.73. The minimum atomic E-state index is 0.640. The van der Waals surface area contributed by atoms with E-state index in [0.717, 1.165) is 12.8 Å². The van der Waals surface area contributed by atoms with Crippen LogP contribution in [0.15, 0.2) is 54.6 Å². The second-order valence-corrected chi connectivity index (χ2v) is 4.31. The Morgan fingerprint density at radius 2 is 1.35 bits per heavy atom. The molecule has 2 aromatic carbocycles. The van der Waals surface area contributed by atoms with E-state index in [1.807, 2.05) is 0 Å². The molecule has 0 aromatic heterocycles. The average Bonchev–Trinajstić information content (AvgIpc) is 2.40. The minimum absolute atomic E-state index is 0.640. The van der Waals surface area contributed by atoms with Gasteiger partial charge in [0.25, 0.3) is 0 Å². The first-order valence-electron chi connectivity index (χ1n) is 6.21. The number of hydrogen-bond donors (Lipinski definition) is 1. The number of aryl methyl sites for hydroxylation is 2. The van der Waals surface area contributed by atoms with Crippen LogP contribution in [0.1, 0.15) is 23.1 Å². The van der Waals surface area contributed by atoms with Crippen LogP contribution in [-0.4, -0.2) is 0 Å². The van der Waals surface area contributed by atoms with Crippen molar-refractivity contribution in [1.82, 2.24) is 0 Å². The number of nitrogens with two attached hydrogens (primary N) is 1. The molecule has 0 saturated carbocycles. The molecule has 0 aliphatic heterocycles. The van der Waals surface area contributed by atoms with Gasteiger partial charge in [0.1, 0.15) is 0 Å². The molecule has 0 amide bonds. The average molecular weight is 225 g/mol. The van der Waals surface area contributed by atoms with Crippen molar-refractivity contribution in [2.45, 2.75) is 25.8 Å². The van der Waals surface area contributed by atoms with E-state index in [9.17, 15) is 0 Å². The molecular weight excluding hydrogens is 206 g/mol. The van der Waals surface area contributed by atoms with Crippen molar-refractivity contribution >= 4 is 0 Å². The topological polar surface area (TPSA) is 26.0 Å². The highest BCUT2D eigenvalue weighted by molar-refractivity contribution is 5.27. The van der Waals surface area contributed by atoms with Gasteiger partial charge < -0.3 is 5.73 Å². The van der Waals surface area contributed by atoms with Gasteiger partial charge in [-0.1, -0.05) is 54.6 Å². The Labute approximate surface area is 103 Å². The van der Waals surface area contributed by atoms with Crippen LogP contribution < -0.4 is 5.73 Å². The standard InChI is InChI=1S/C16H19N/c17-13-16-11-5-4-10-15(16)12-6-9-14-7-2-1-3-8-14/h1-5,7-8,10-11H,6,9,12-13,17H2. The molecule has 0 fully saturated rings. The van der Waals surface area contributed by atoms with Crippen LogP contribution in [0, 0.1) is 0 Å². The molecule has 0 unspecified atom stereocenters. The van der Waals surface area contributed by atoms with Gasteiger partial charge in [0.2, 0.25) is 0 Å². The monoisotopic (exact) mass is 225 g/mol. The summed E-state index contributed by atoms with van der Waals surface area (Å²) in [5.41, 5.74) is 9.82. The fourth-order valence-electron chi connectivity index (χ4n) is 2.13. The van der Waals surface area contributed by atoms with Gasteiger partial charge in [-0.05, 0) is 36.0 Å². The minimum Gasteiger partial charge on any atom is -0.326 e. The molecule has 0 spiro atoms. The van der Waals surface area contributed by atoms with Crippen LogP contribution in [0.5, 0.6) is 0 Å². The highest BCUT2D eigenvalue weighted by Gasteiger charge is 2.00. The van der Waals surface area contributed by atoms with Crippen molar-refractivity contribution in [2.75, 3.05) is 0 Å². The van der Waals surface area contributed by atoms with E-state index in [1.54, 1.807) is 0 Å². The fraction of sp³-hybridized carbons (Fsp3) is 0.250. The smallest absolute Gasteiger partial charge is 0.0180 e. The lowest BCUT2D eigenvalue weighted by atomic mass is 10.00. The number of rotatable bonds is 5. The van der Waals surface area contributed by atoms with E-state index in [1.165, 1.54) is 23.1 Å². The summed E-state index contributed by atoms with van der Waals surface area (Å²) in [6, 6.07) is 19.1. The Morgan fingerprint density at radius 3 is 2.06 bits per heavy atom. The van der Waals surface area contributed by atoms with Crippen LogP contribution >= 0.6 is 0 Å². The zero-order valence-corrected chi connectivity index (χ0v) is 10.1. The van der Waals surface area contributed by atoms with Crippen molar-refractivity contribution in [3.63, 3.8) is 0 Å². The third-order valence-corrected chi connectivity index (χ3v) is 3.09. The van der Waals surface area contributed by atoms with E-state index in [-0.39, 0.29) is 0 Å². The first kappa shape index (κ1) is 11.9. The normalized spacial score (nSPS) is 10.4. The summed E-state index contributed by atoms with van der Waals surface area (Å²) in [6.07, 6.45) is 3.43. The summed E-state index contributed by atoms with van der Waals surface area (Å²) >= 11 is 0. The van der Waals surface area contributed by atoms with Gasteiger partial charge in [0, 0.05) is 6.54 Å². The summed E-state index contributed by atoms with van der Waals surface area (Å²) in [4.78, 5) is 0. The Hall–Kier alpha value is -1.60. The quantitative estimate of drug-likeness (QED) is 0.830. The van der Waals surface area contributed by atoms with Gasteiger partial charge in [-0.3, -0.25) is 0 Å². The van der Waals surface area contributed by atoms with E-state index in [0.29, 0.717) is 6.54 Å². The summed E-state index contributed by atoms with van der Waals surface area (Å²) < 4.78 is 0. The van der Waals surface area contributed by atoms with Crippen molar-refractivity contribution in [1.29, 1.82) is 0 Å². The molecule has 2 rings (SSSR count). The van der Waals surface area contributed by atoms with E-state index in [2.05, 4.69) is 54.6 Å². The summed E-state index contributed by atoms with van der Waals surface area (Å²) in [5.74, 6) is 0.